The lowest BCUT2D eigenvalue weighted by atomic mass is 9.88. The van der Waals surface area contributed by atoms with Crippen molar-refractivity contribution in [3.63, 3.8) is 0 Å². The molecule has 5 rings (SSSR count). The van der Waals surface area contributed by atoms with Crippen LogP contribution in [0.2, 0.25) is 0 Å². The predicted octanol–water partition coefficient (Wildman–Crippen LogP) is 5.35. The fraction of sp³-hybridized carbons (Fsp3) is 0.231. The lowest BCUT2D eigenvalue weighted by molar-refractivity contribution is 0.0650. The largest absolute Gasteiger partial charge is 0.339 e. The van der Waals surface area contributed by atoms with Gasteiger partial charge in [0.25, 0.3) is 11.6 Å². The van der Waals surface area contributed by atoms with Crippen LogP contribution in [0.25, 0.3) is 22.4 Å². The van der Waals surface area contributed by atoms with Gasteiger partial charge >= 0.3 is 0 Å². The third kappa shape index (κ3) is 4.29. The zero-order valence-electron chi connectivity index (χ0n) is 18.7. The molecule has 1 fully saturated rings. The van der Waals surface area contributed by atoms with Crippen LogP contribution in [0.4, 0.5) is 13.2 Å². The van der Waals surface area contributed by atoms with Crippen LogP contribution < -0.4 is 0 Å². The van der Waals surface area contributed by atoms with E-state index in [1.165, 1.54) is 12.1 Å². The third-order valence-electron chi connectivity index (χ3n) is 6.33. The average molecular weight is 479 g/mol. The predicted molar refractivity (Wildman–Crippen MR) is 121 cm³/mol. The Morgan fingerprint density at radius 2 is 1.63 bits per heavy atom. The van der Waals surface area contributed by atoms with Gasteiger partial charge < -0.3 is 9.42 Å². The first-order valence-electron chi connectivity index (χ1n) is 11.1. The smallest absolute Gasteiger partial charge is 0.259 e. The summed E-state index contributed by atoms with van der Waals surface area (Å²) in [6.45, 7) is 2.25. The number of benzene rings is 2. The Morgan fingerprint density at radius 1 is 0.943 bits per heavy atom. The van der Waals surface area contributed by atoms with Crippen molar-refractivity contribution < 1.29 is 27.3 Å². The summed E-state index contributed by atoms with van der Waals surface area (Å²) in [4.78, 5) is 32.3. The summed E-state index contributed by atoms with van der Waals surface area (Å²) in [7, 11) is 0. The maximum Gasteiger partial charge on any atom is 0.259 e. The molecular formula is C26H20F3N3O3. The summed E-state index contributed by atoms with van der Waals surface area (Å²) in [5, 5.41) is 4.42. The molecule has 0 atom stereocenters. The van der Waals surface area contributed by atoms with Crippen LogP contribution in [0, 0.1) is 30.3 Å². The highest BCUT2D eigenvalue weighted by Gasteiger charge is 2.31. The van der Waals surface area contributed by atoms with Crippen molar-refractivity contribution in [2.24, 2.45) is 5.92 Å². The molecule has 0 radical (unpaired) electrons. The van der Waals surface area contributed by atoms with Gasteiger partial charge in [-0.1, -0.05) is 5.16 Å². The lowest BCUT2D eigenvalue weighted by Gasteiger charge is -2.31. The number of amides is 1. The number of carbonyl (C=O) groups is 2. The van der Waals surface area contributed by atoms with Crippen LogP contribution in [-0.4, -0.2) is 39.8 Å². The number of aryl methyl sites for hydroxylation is 1. The van der Waals surface area contributed by atoms with E-state index in [0.717, 1.165) is 18.2 Å². The molecule has 0 aliphatic carbocycles. The maximum atomic E-state index is 14.1. The molecule has 1 aliphatic rings. The van der Waals surface area contributed by atoms with Gasteiger partial charge in [-0.2, -0.15) is 0 Å². The second kappa shape index (κ2) is 8.98. The van der Waals surface area contributed by atoms with Gasteiger partial charge in [0.05, 0.1) is 27.9 Å². The molecular weight excluding hydrogens is 459 g/mol. The van der Waals surface area contributed by atoms with Crippen molar-refractivity contribution in [2.45, 2.75) is 19.8 Å². The third-order valence-corrected chi connectivity index (χ3v) is 6.33. The number of piperidine rings is 1. The minimum Gasteiger partial charge on any atom is -0.339 e. The number of carbonyl (C=O) groups excluding carboxylic acids is 2. The van der Waals surface area contributed by atoms with E-state index in [9.17, 15) is 22.8 Å². The van der Waals surface area contributed by atoms with Crippen molar-refractivity contribution in [2.75, 3.05) is 13.1 Å². The molecule has 9 heteroatoms. The minimum atomic E-state index is -0.759. The van der Waals surface area contributed by atoms with Gasteiger partial charge in [-0.15, -0.1) is 0 Å². The molecule has 1 aliphatic heterocycles. The standard InChI is InChI=1S/C26H20F3N3O3/c1-14-23-20(13-22(30-25(23)35-31-14)15-2-4-17(27)5-3-15)26(34)32-10-8-16(9-11-32)24(33)19-12-18(28)6-7-21(19)29/h2-7,12-13,16H,8-11H2,1H3. The first kappa shape index (κ1) is 22.8. The normalized spacial score (nSPS) is 14.5. The van der Waals surface area contributed by atoms with Gasteiger partial charge in [-0.25, -0.2) is 18.2 Å². The Morgan fingerprint density at radius 3 is 2.34 bits per heavy atom. The van der Waals surface area contributed by atoms with Crippen LogP contribution >= 0.6 is 0 Å². The summed E-state index contributed by atoms with van der Waals surface area (Å²) < 4.78 is 46.3. The van der Waals surface area contributed by atoms with Crippen LogP contribution in [0.3, 0.4) is 0 Å². The molecule has 4 aromatic rings. The van der Waals surface area contributed by atoms with Crippen molar-refractivity contribution in [3.05, 3.63) is 82.8 Å². The van der Waals surface area contributed by atoms with Crippen LogP contribution in [0.5, 0.6) is 0 Å². The van der Waals surface area contributed by atoms with Crippen molar-refractivity contribution in [3.8, 4) is 11.3 Å². The van der Waals surface area contributed by atoms with E-state index < -0.39 is 29.2 Å². The quantitative estimate of drug-likeness (QED) is 0.369. The van der Waals surface area contributed by atoms with E-state index in [2.05, 4.69) is 10.1 Å². The van der Waals surface area contributed by atoms with E-state index in [0.29, 0.717) is 40.7 Å². The topological polar surface area (TPSA) is 76.3 Å². The summed E-state index contributed by atoms with van der Waals surface area (Å²) in [6.07, 6.45) is 0.643. The number of nitrogens with zero attached hydrogens (tertiary/aromatic N) is 3. The lowest BCUT2D eigenvalue weighted by Crippen LogP contribution is -2.40. The van der Waals surface area contributed by atoms with E-state index in [1.54, 1.807) is 30.0 Å². The van der Waals surface area contributed by atoms with Gasteiger partial charge in [0.2, 0.25) is 0 Å². The number of hydrogen-bond acceptors (Lipinski definition) is 5. The highest BCUT2D eigenvalue weighted by atomic mass is 19.1. The second-order valence-electron chi connectivity index (χ2n) is 8.56. The van der Waals surface area contributed by atoms with Crippen molar-refractivity contribution in [1.29, 1.82) is 0 Å². The van der Waals surface area contributed by atoms with Gasteiger partial charge in [-0.05, 0) is 68.3 Å². The Labute approximate surface area is 198 Å². The minimum absolute atomic E-state index is 0.194. The van der Waals surface area contributed by atoms with Gasteiger partial charge in [0.15, 0.2) is 5.78 Å². The highest BCUT2D eigenvalue weighted by molar-refractivity contribution is 6.07. The zero-order valence-corrected chi connectivity index (χ0v) is 18.7. The summed E-state index contributed by atoms with van der Waals surface area (Å²) >= 11 is 0. The van der Waals surface area contributed by atoms with Gasteiger partial charge in [0.1, 0.15) is 17.5 Å². The number of hydrogen-bond donors (Lipinski definition) is 0. The first-order valence-corrected chi connectivity index (χ1v) is 11.1. The Bertz CT molecular complexity index is 1440. The van der Waals surface area contributed by atoms with E-state index in [4.69, 9.17) is 4.52 Å². The monoisotopic (exact) mass is 479 g/mol. The number of aromatic nitrogens is 2. The summed E-state index contributed by atoms with van der Waals surface area (Å²) in [5.74, 6) is -3.09. The van der Waals surface area contributed by atoms with E-state index in [1.807, 2.05) is 0 Å². The Balaban J connectivity index is 1.40. The molecule has 2 aromatic carbocycles. The molecule has 1 saturated heterocycles. The molecule has 0 unspecified atom stereocenters. The van der Waals surface area contributed by atoms with Crippen LogP contribution in [-0.2, 0) is 0 Å². The Kier molecular flexibility index (Phi) is 5.84. The molecule has 2 aromatic heterocycles. The fourth-order valence-electron chi connectivity index (χ4n) is 4.45. The maximum absolute atomic E-state index is 14.1. The molecule has 0 bridgehead atoms. The molecule has 1 amide bonds. The van der Waals surface area contributed by atoms with Gasteiger partial charge in [0, 0.05) is 24.6 Å². The number of ketones is 1. The highest BCUT2D eigenvalue weighted by Crippen LogP contribution is 2.30. The summed E-state index contributed by atoms with van der Waals surface area (Å²) in [6, 6.07) is 10.2. The zero-order chi connectivity index (χ0) is 24.7. The second-order valence-corrected chi connectivity index (χ2v) is 8.56. The Hall–Kier alpha value is -4.01. The van der Waals surface area contributed by atoms with Crippen LogP contribution in [0.15, 0.2) is 53.1 Å². The summed E-state index contributed by atoms with van der Waals surface area (Å²) in [5.41, 5.74) is 1.82. The number of halogens is 3. The first-order chi connectivity index (χ1) is 16.8. The number of pyridine rings is 1. The van der Waals surface area contributed by atoms with Crippen LogP contribution in [0.1, 0.15) is 39.3 Å². The SMILES string of the molecule is Cc1noc2nc(-c3ccc(F)cc3)cc(C(=O)N3CCC(C(=O)c4cc(F)ccc4F)CC3)c12. The molecule has 6 nitrogen and oxygen atoms in total. The van der Waals surface area contributed by atoms with Gasteiger partial charge in [-0.3, -0.25) is 9.59 Å². The molecule has 35 heavy (non-hydrogen) atoms. The number of likely N-dealkylation sites (tertiary alicyclic amines) is 1. The fourth-order valence-corrected chi connectivity index (χ4v) is 4.45. The number of fused-ring (bicyclic) bond motifs is 1. The molecule has 178 valence electrons. The number of rotatable bonds is 4. The molecule has 0 N–H and O–H groups in total. The van der Waals surface area contributed by atoms with Crippen molar-refractivity contribution >= 4 is 22.8 Å². The van der Waals surface area contributed by atoms with E-state index in [-0.39, 0.29) is 30.3 Å². The van der Waals surface area contributed by atoms with Crippen molar-refractivity contribution in [1.82, 2.24) is 15.0 Å². The van der Waals surface area contributed by atoms with E-state index >= 15 is 0 Å². The average Bonchev–Trinajstić information content (AvgIpc) is 3.25. The molecule has 0 spiro atoms. The molecule has 0 saturated carbocycles. The number of Topliss-reactive ketones (excluding diaryl/α,β-unsaturated/α-hetero) is 1. The molecule has 3 heterocycles.